The van der Waals surface area contributed by atoms with Crippen molar-refractivity contribution in [1.82, 2.24) is 19.8 Å². The number of aromatic nitrogens is 2. The lowest BCUT2D eigenvalue weighted by Gasteiger charge is -2.36. The van der Waals surface area contributed by atoms with Gasteiger partial charge >= 0.3 is 0 Å². The molecule has 2 heterocycles. The number of nitrogens with one attached hydrogen (secondary N) is 1. The minimum Gasteiger partial charge on any atom is -0.352 e. The van der Waals surface area contributed by atoms with Crippen LogP contribution in [0.2, 0.25) is 0 Å². The molecule has 1 atom stereocenters. The van der Waals surface area contributed by atoms with Crippen molar-refractivity contribution in [2.45, 2.75) is 83.1 Å². The van der Waals surface area contributed by atoms with Crippen LogP contribution in [-0.4, -0.2) is 44.4 Å². The van der Waals surface area contributed by atoms with Crippen LogP contribution in [0.4, 0.5) is 0 Å². The monoisotopic (exact) mass is 435 g/mol. The molecule has 0 spiro atoms. The van der Waals surface area contributed by atoms with Crippen molar-refractivity contribution in [2.75, 3.05) is 0 Å². The quantitative estimate of drug-likeness (QED) is 0.754. The smallest absolute Gasteiger partial charge is 0.243 e. The predicted octanol–water partition coefficient (Wildman–Crippen LogP) is 2.29. The van der Waals surface area contributed by atoms with Crippen molar-refractivity contribution in [3.63, 3.8) is 0 Å². The lowest BCUT2D eigenvalue weighted by atomic mass is 9.91. The molecule has 2 fully saturated rings. The van der Waals surface area contributed by atoms with Gasteiger partial charge in [-0.25, -0.2) is 4.98 Å². The van der Waals surface area contributed by atoms with Gasteiger partial charge in [-0.3, -0.25) is 9.59 Å². The number of benzene rings is 1. The highest BCUT2D eigenvalue weighted by atomic mass is 16.2. The average molecular weight is 436 g/mol. The van der Waals surface area contributed by atoms with E-state index in [1.54, 1.807) is 0 Å². The lowest BCUT2D eigenvalue weighted by Crippen LogP contribution is -2.55. The number of nitrogens with zero attached hydrogens (tertiary/aromatic N) is 3. The summed E-state index contributed by atoms with van der Waals surface area (Å²) in [5.41, 5.74) is 10.5. The summed E-state index contributed by atoms with van der Waals surface area (Å²) in [7, 11) is 0. The summed E-state index contributed by atoms with van der Waals surface area (Å²) in [5.74, 6) is 0.149. The van der Waals surface area contributed by atoms with Crippen LogP contribution in [0.15, 0.2) is 30.6 Å². The van der Waals surface area contributed by atoms with E-state index >= 15 is 0 Å². The summed E-state index contributed by atoms with van der Waals surface area (Å²) < 4.78 is 2.14. The molecule has 5 rings (SSSR count). The first-order valence-corrected chi connectivity index (χ1v) is 11.9. The SMILES string of the molecule is Cc1ccccc1Cn1cnc2c1CN(C(=O)C1CC1)C(C(=O)NC1CCC(N)CC1)C2. The summed E-state index contributed by atoms with van der Waals surface area (Å²) in [4.78, 5) is 32.9. The van der Waals surface area contributed by atoms with Crippen molar-refractivity contribution in [1.29, 1.82) is 0 Å². The van der Waals surface area contributed by atoms with E-state index < -0.39 is 6.04 Å². The third-order valence-electron chi connectivity index (χ3n) is 7.35. The Bertz CT molecular complexity index is 1000. The van der Waals surface area contributed by atoms with Gasteiger partial charge in [0.25, 0.3) is 0 Å². The minimum atomic E-state index is -0.479. The van der Waals surface area contributed by atoms with Gasteiger partial charge in [-0.15, -0.1) is 0 Å². The number of imidazole rings is 1. The number of aryl methyl sites for hydroxylation is 1. The number of rotatable bonds is 5. The molecular weight excluding hydrogens is 402 g/mol. The van der Waals surface area contributed by atoms with E-state index in [-0.39, 0.29) is 29.8 Å². The van der Waals surface area contributed by atoms with Gasteiger partial charge in [0.1, 0.15) is 6.04 Å². The molecule has 32 heavy (non-hydrogen) atoms. The first-order chi connectivity index (χ1) is 15.5. The van der Waals surface area contributed by atoms with E-state index in [9.17, 15) is 9.59 Å². The molecule has 2 aromatic rings. The second kappa shape index (κ2) is 8.70. The number of carbonyl (C=O) groups excluding carboxylic acids is 2. The topological polar surface area (TPSA) is 93.2 Å². The Balaban J connectivity index is 1.36. The summed E-state index contributed by atoms with van der Waals surface area (Å²) >= 11 is 0. The predicted molar refractivity (Wildman–Crippen MR) is 122 cm³/mol. The number of amides is 2. The van der Waals surface area contributed by atoms with Crippen LogP contribution in [0.1, 0.15) is 61.0 Å². The Morgan fingerprint density at radius 3 is 2.59 bits per heavy atom. The molecule has 7 heteroatoms. The van der Waals surface area contributed by atoms with Gasteiger partial charge in [0, 0.05) is 31.0 Å². The van der Waals surface area contributed by atoms with Crippen molar-refractivity contribution in [3.05, 3.63) is 53.1 Å². The zero-order valence-corrected chi connectivity index (χ0v) is 18.8. The third kappa shape index (κ3) is 4.31. The molecule has 1 aromatic carbocycles. The normalized spacial score (nSPS) is 25.3. The molecule has 2 saturated carbocycles. The minimum absolute atomic E-state index is 0.0430. The number of carbonyl (C=O) groups is 2. The standard InChI is InChI=1S/C25H33N5O2/c1-16-4-2-3-5-18(16)13-29-15-27-21-12-22(24(31)28-20-10-8-19(26)9-11-20)30(14-23(21)29)25(32)17-6-7-17/h2-5,15,17,19-20,22H,6-14,26H2,1H3,(H,28,31). The summed E-state index contributed by atoms with van der Waals surface area (Å²) in [5, 5.41) is 3.22. The zero-order chi connectivity index (χ0) is 22.2. The molecule has 7 nitrogen and oxygen atoms in total. The molecule has 0 radical (unpaired) electrons. The van der Waals surface area contributed by atoms with Gasteiger partial charge in [-0.1, -0.05) is 24.3 Å². The maximum Gasteiger partial charge on any atom is 0.243 e. The van der Waals surface area contributed by atoms with Crippen LogP contribution in [0, 0.1) is 12.8 Å². The van der Waals surface area contributed by atoms with Crippen LogP contribution >= 0.6 is 0 Å². The second-order valence-corrected chi connectivity index (χ2v) is 9.77. The second-order valence-electron chi connectivity index (χ2n) is 9.77. The Morgan fingerprint density at radius 2 is 1.88 bits per heavy atom. The van der Waals surface area contributed by atoms with Gasteiger partial charge in [0.15, 0.2) is 0 Å². The van der Waals surface area contributed by atoms with Crippen molar-refractivity contribution in [2.24, 2.45) is 11.7 Å². The van der Waals surface area contributed by atoms with Crippen LogP contribution in [-0.2, 0) is 29.1 Å². The Labute approximate surface area is 189 Å². The van der Waals surface area contributed by atoms with Gasteiger partial charge in [0.2, 0.25) is 11.8 Å². The molecule has 1 aliphatic heterocycles. The van der Waals surface area contributed by atoms with E-state index in [4.69, 9.17) is 5.73 Å². The number of nitrogens with two attached hydrogens (primary N) is 1. The molecule has 0 saturated heterocycles. The van der Waals surface area contributed by atoms with Crippen molar-refractivity contribution >= 4 is 11.8 Å². The van der Waals surface area contributed by atoms with Crippen molar-refractivity contribution < 1.29 is 9.59 Å². The highest BCUT2D eigenvalue weighted by Gasteiger charge is 2.42. The Kier molecular flexibility index (Phi) is 5.76. The van der Waals surface area contributed by atoms with Crippen LogP contribution in [0.5, 0.6) is 0 Å². The fourth-order valence-electron chi connectivity index (χ4n) is 5.07. The highest BCUT2D eigenvalue weighted by molar-refractivity contribution is 5.90. The molecule has 0 bridgehead atoms. The fourth-order valence-corrected chi connectivity index (χ4v) is 5.07. The van der Waals surface area contributed by atoms with Crippen molar-refractivity contribution in [3.8, 4) is 0 Å². The largest absolute Gasteiger partial charge is 0.352 e. The zero-order valence-electron chi connectivity index (χ0n) is 18.8. The number of hydrogen-bond donors (Lipinski definition) is 2. The first kappa shape index (κ1) is 21.2. The molecule has 170 valence electrons. The van der Waals surface area contributed by atoms with Crippen LogP contribution in [0.25, 0.3) is 0 Å². The van der Waals surface area contributed by atoms with Gasteiger partial charge in [0.05, 0.1) is 24.3 Å². The number of hydrogen-bond acceptors (Lipinski definition) is 4. The van der Waals surface area contributed by atoms with Gasteiger partial charge in [-0.2, -0.15) is 0 Å². The molecular formula is C25H33N5O2. The fraction of sp³-hybridized carbons (Fsp3) is 0.560. The summed E-state index contributed by atoms with van der Waals surface area (Å²) in [6, 6.07) is 8.25. The molecule has 2 aliphatic carbocycles. The molecule has 3 aliphatic rings. The van der Waals surface area contributed by atoms with Crippen LogP contribution < -0.4 is 11.1 Å². The molecule has 2 amide bonds. The number of fused-ring (bicyclic) bond motifs is 1. The van der Waals surface area contributed by atoms with E-state index in [1.165, 1.54) is 11.1 Å². The summed E-state index contributed by atoms with van der Waals surface area (Å²) in [6.07, 6.45) is 7.89. The molecule has 3 N–H and O–H groups in total. The van der Waals surface area contributed by atoms with Gasteiger partial charge < -0.3 is 20.5 Å². The maximum absolute atomic E-state index is 13.3. The molecule has 1 unspecified atom stereocenters. The van der Waals surface area contributed by atoms with E-state index in [0.29, 0.717) is 13.0 Å². The van der Waals surface area contributed by atoms with Gasteiger partial charge in [-0.05, 0) is 56.6 Å². The molecule has 1 aromatic heterocycles. The Morgan fingerprint density at radius 1 is 1.12 bits per heavy atom. The summed E-state index contributed by atoms with van der Waals surface area (Å²) in [6.45, 7) is 3.28. The Hall–Kier alpha value is -2.67. The third-order valence-corrected chi connectivity index (χ3v) is 7.35. The van der Waals surface area contributed by atoms with Crippen LogP contribution in [0.3, 0.4) is 0 Å². The van der Waals surface area contributed by atoms with E-state index in [0.717, 1.165) is 56.5 Å². The average Bonchev–Trinajstić information content (AvgIpc) is 3.57. The van der Waals surface area contributed by atoms with E-state index in [2.05, 4.69) is 33.9 Å². The van der Waals surface area contributed by atoms with E-state index in [1.807, 2.05) is 23.4 Å². The maximum atomic E-state index is 13.3. The lowest BCUT2D eigenvalue weighted by molar-refractivity contribution is -0.143. The highest BCUT2D eigenvalue weighted by Crippen LogP contribution is 2.34. The first-order valence-electron chi connectivity index (χ1n) is 11.9.